The lowest BCUT2D eigenvalue weighted by atomic mass is 10.0. The van der Waals surface area contributed by atoms with Crippen LogP contribution >= 0.6 is 0 Å². The van der Waals surface area contributed by atoms with Gasteiger partial charge in [0.05, 0.1) is 5.92 Å². The molecule has 0 aromatic carbocycles. The number of carboxylic acid groups (broad SMARTS) is 1. The van der Waals surface area contributed by atoms with E-state index in [1.807, 2.05) is 6.92 Å². The first-order valence-electron chi connectivity index (χ1n) is 6.06. The van der Waals surface area contributed by atoms with Gasteiger partial charge in [0.2, 0.25) is 0 Å². The zero-order chi connectivity index (χ0) is 12.3. The van der Waals surface area contributed by atoms with E-state index < -0.39 is 5.97 Å². The maximum absolute atomic E-state index is 11.0. The number of rotatable bonds is 5. The third kappa shape index (κ3) is 3.19. The van der Waals surface area contributed by atoms with E-state index >= 15 is 0 Å². The van der Waals surface area contributed by atoms with E-state index in [2.05, 4.69) is 23.9 Å². The molecule has 1 aliphatic heterocycles. The number of hydrogen-bond donors (Lipinski definition) is 1. The second-order valence-corrected chi connectivity index (χ2v) is 5.16. The number of aliphatic carboxylic acids is 1. The summed E-state index contributed by atoms with van der Waals surface area (Å²) >= 11 is 0. The molecule has 94 valence electrons. The Hall–Kier alpha value is -0.610. The van der Waals surface area contributed by atoms with Gasteiger partial charge in [-0.3, -0.25) is 9.69 Å². The highest BCUT2D eigenvalue weighted by Gasteiger charge is 2.33. The third-order valence-electron chi connectivity index (χ3n) is 3.63. The number of carboxylic acids is 1. The van der Waals surface area contributed by atoms with E-state index in [1.165, 1.54) is 12.8 Å². The maximum Gasteiger partial charge on any atom is 0.307 e. The maximum atomic E-state index is 11.0. The Morgan fingerprint density at radius 2 is 2.12 bits per heavy atom. The number of carbonyl (C=O) groups is 1. The molecular weight excluding hydrogens is 204 g/mol. The highest BCUT2D eigenvalue weighted by molar-refractivity contribution is 5.70. The number of hydrogen-bond acceptors (Lipinski definition) is 3. The van der Waals surface area contributed by atoms with Crippen LogP contribution in [0.4, 0.5) is 0 Å². The predicted molar refractivity (Wildman–Crippen MR) is 64.5 cm³/mol. The fraction of sp³-hybridized carbons (Fsp3) is 0.917. The van der Waals surface area contributed by atoms with Gasteiger partial charge in [-0.1, -0.05) is 6.92 Å². The van der Waals surface area contributed by atoms with Crippen molar-refractivity contribution in [3.63, 3.8) is 0 Å². The second kappa shape index (κ2) is 5.64. The molecule has 16 heavy (non-hydrogen) atoms. The molecular formula is C12H24N2O2. The third-order valence-corrected chi connectivity index (χ3v) is 3.63. The summed E-state index contributed by atoms with van der Waals surface area (Å²) in [5.41, 5.74) is 0. The smallest absolute Gasteiger partial charge is 0.307 e. The van der Waals surface area contributed by atoms with Crippen molar-refractivity contribution in [2.45, 2.75) is 38.8 Å². The molecule has 0 radical (unpaired) electrons. The van der Waals surface area contributed by atoms with Gasteiger partial charge in [0, 0.05) is 18.6 Å². The summed E-state index contributed by atoms with van der Waals surface area (Å²) in [6, 6.07) is 0.650. The second-order valence-electron chi connectivity index (χ2n) is 5.16. The van der Waals surface area contributed by atoms with Gasteiger partial charge in [-0.2, -0.15) is 0 Å². The van der Waals surface area contributed by atoms with E-state index in [0.717, 1.165) is 13.1 Å². The minimum Gasteiger partial charge on any atom is -0.481 e. The molecule has 0 saturated carbocycles. The molecule has 0 aliphatic carbocycles. The first-order chi connectivity index (χ1) is 7.43. The Morgan fingerprint density at radius 3 is 2.62 bits per heavy atom. The summed E-state index contributed by atoms with van der Waals surface area (Å²) in [5, 5.41) is 9.04. The lowest BCUT2D eigenvalue weighted by Gasteiger charge is -2.34. The molecule has 4 nitrogen and oxygen atoms in total. The van der Waals surface area contributed by atoms with Crippen LogP contribution in [0.25, 0.3) is 0 Å². The van der Waals surface area contributed by atoms with Crippen molar-refractivity contribution < 1.29 is 9.90 Å². The van der Waals surface area contributed by atoms with Crippen molar-refractivity contribution in [1.82, 2.24) is 9.80 Å². The molecule has 1 aliphatic rings. The molecule has 3 atom stereocenters. The number of likely N-dealkylation sites (N-methyl/N-ethyl adjacent to an activating group) is 1. The molecule has 1 heterocycles. The average molecular weight is 228 g/mol. The zero-order valence-corrected chi connectivity index (χ0v) is 10.8. The van der Waals surface area contributed by atoms with Crippen molar-refractivity contribution in [3.05, 3.63) is 0 Å². The summed E-state index contributed by atoms with van der Waals surface area (Å²) in [4.78, 5) is 15.5. The number of nitrogens with zero attached hydrogens (tertiary/aromatic N) is 2. The van der Waals surface area contributed by atoms with Crippen LogP contribution in [0, 0.1) is 5.92 Å². The van der Waals surface area contributed by atoms with Gasteiger partial charge in [0.1, 0.15) is 0 Å². The van der Waals surface area contributed by atoms with Gasteiger partial charge in [0.15, 0.2) is 0 Å². The molecule has 0 spiro atoms. The van der Waals surface area contributed by atoms with Crippen LogP contribution in [0.15, 0.2) is 0 Å². The zero-order valence-electron chi connectivity index (χ0n) is 10.8. The molecule has 1 fully saturated rings. The van der Waals surface area contributed by atoms with E-state index in [0.29, 0.717) is 6.04 Å². The lowest BCUT2D eigenvalue weighted by molar-refractivity contribution is -0.143. The molecule has 0 aromatic rings. The van der Waals surface area contributed by atoms with Crippen LogP contribution in [0.3, 0.4) is 0 Å². The first-order valence-corrected chi connectivity index (χ1v) is 6.06. The van der Waals surface area contributed by atoms with Gasteiger partial charge < -0.3 is 10.0 Å². The quantitative estimate of drug-likeness (QED) is 0.766. The molecule has 1 N–H and O–H groups in total. The van der Waals surface area contributed by atoms with Crippen LogP contribution in [-0.4, -0.2) is 60.1 Å². The molecule has 3 unspecified atom stereocenters. The fourth-order valence-electron chi connectivity index (χ4n) is 2.51. The van der Waals surface area contributed by atoms with Crippen molar-refractivity contribution >= 4 is 5.97 Å². The highest BCUT2D eigenvalue weighted by Crippen LogP contribution is 2.24. The normalized spacial score (nSPS) is 25.9. The van der Waals surface area contributed by atoms with Gasteiger partial charge >= 0.3 is 5.97 Å². The fourth-order valence-corrected chi connectivity index (χ4v) is 2.51. The summed E-state index contributed by atoms with van der Waals surface area (Å²) < 4.78 is 0. The molecule has 0 aromatic heterocycles. The molecule has 1 rings (SSSR count). The molecule has 4 heteroatoms. The van der Waals surface area contributed by atoms with Gasteiger partial charge in [-0.25, -0.2) is 0 Å². The standard InChI is InChI=1S/C12H24N2O2/c1-9(12(15)16)10(2)14-7-5-6-11(14)8-13(3)4/h9-11H,5-8H2,1-4H3,(H,15,16). The van der Waals surface area contributed by atoms with Crippen molar-refractivity contribution in [2.75, 3.05) is 27.2 Å². The minimum atomic E-state index is -0.692. The van der Waals surface area contributed by atoms with E-state index in [-0.39, 0.29) is 12.0 Å². The Balaban J connectivity index is 2.60. The van der Waals surface area contributed by atoms with Gasteiger partial charge in [-0.15, -0.1) is 0 Å². The minimum absolute atomic E-state index is 0.130. The Labute approximate surface area is 98.2 Å². The first kappa shape index (κ1) is 13.5. The Bertz CT molecular complexity index is 243. The van der Waals surface area contributed by atoms with Crippen LogP contribution < -0.4 is 0 Å². The van der Waals surface area contributed by atoms with Gasteiger partial charge in [0.25, 0.3) is 0 Å². The highest BCUT2D eigenvalue weighted by atomic mass is 16.4. The van der Waals surface area contributed by atoms with Gasteiger partial charge in [-0.05, 0) is 40.4 Å². The van der Waals surface area contributed by atoms with E-state index in [9.17, 15) is 4.79 Å². The average Bonchev–Trinajstić information content (AvgIpc) is 2.62. The Kier molecular flexibility index (Phi) is 4.74. The monoisotopic (exact) mass is 228 g/mol. The summed E-state index contributed by atoms with van der Waals surface area (Å²) in [7, 11) is 4.14. The Morgan fingerprint density at radius 1 is 1.50 bits per heavy atom. The SMILES string of the molecule is CC(C(=O)O)C(C)N1CCCC1CN(C)C. The number of likely N-dealkylation sites (tertiary alicyclic amines) is 1. The van der Waals surface area contributed by atoms with Crippen LogP contribution in [0.1, 0.15) is 26.7 Å². The summed E-state index contributed by atoms with van der Waals surface area (Å²) in [5.74, 6) is -0.981. The van der Waals surface area contributed by atoms with E-state index in [4.69, 9.17) is 5.11 Å². The lowest BCUT2D eigenvalue weighted by Crippen LogP contribution is -2.46. The summed E-state index contributed by atoms with van der Waals surface area (Å²) in [6.45, 7) is 5.90. The van der Waals surface area contributed by atoms with Crippen LogP contribution in [-0.2, 0) is 4.79 Å². The van der Waals surface area contributed by atoms with Crippen molar-refractivity contribution in [1.29, 1.82) is 0 Å². The van der Waals surface area contributed by atoms with Crippen LogP contribution in [0.5, 0.6) is 0 Å². The van der Waals surface area contributed by atoms with Crippen molar-refractivity contribution in [2.24, 2.45) is 5.92 Å². The predicted octanol–water partition coefficient (Wildman–Crippen LogP) is 1.12. The van der Waals surface area contributed by atoms with Crippen LogP contribution in [0.2, 0.25) is 0 Å². The molecule has 0 bridgehead atoms. The van der Waals surface area contributed by atoms with Crippen molar-refractivity contribution in [3.8, 4) is 0 Å². The van der Waals surface area contributed by atoms with E-state index in [1.54, 1.807) is 6.92 Å². The topological polar surface area (TPSA) is 43.8 Å². The molecule has 1 saturated heterocycles. The summed E-state index contributed by atoms with van der Waals surface area (Å²) in [6.07, 6.45) is 2.38. The molecule has 0 amide bonds. The largest absolute Gasteiger partial charge is 0.481 e.